The van der Waals surface area contributed by atoms with Crippen LogP contribution in [0.3, 0.4) is 0 Å². The van der Waals surface area contributed by atoms with Crippen LogP contribution in [0.25, 0.3) is 11.1 Å². The molecule has 0 fully saturated rings. The van der Waals surface area contributed by atoms with Gasteiger partial charge in [0.25, 0.3) is 5.91 Å². The molecule has 0 spiro atoms. The molecule has 21 heavy (non-hydrogen) atoms. The molecule has 0 bridgehead atoms. The maximum Gasteiger partial charge on any atom is 0.258 e. The molecule has 0 aliphatic carbocycles. The predicted molar refractivity (Wildman–Crippen MR) is 79.1 cm³/mol. The monoisotopic (exact) mass is 299 g/mol. The van der Waals surface area contributed by atoms with Gasteiger partial charge in [-0.25, -0.2) is 0 Å². The van der Waals surface area contributed by atoms with Gasteiger partial charge in [-0.1, -0.05) is 28.9 Å². The number of aromatic nitrogens is 2. The highest BCUT2D eigenvalue weighted by atomic mass is 35.5. The zero-order valence-corrected chi connectivity index (χ0v) is 11.5. The zero-order chi connectivity index (χ0) is 14.7. The first-order chi connectivity index (χ1) is 10.2. The van der Waals surface area contributed by atoms with E-state index in [-0.39, 0.29) is 5.91 Å². The zero-order valence-electron chi connectivity index (χ0n) is 10.8. The lowest BCUT2D eigenvalue weighted by Crippen LogP contribution is -2.11. The third-order valence-electron chi connectivity index (χ3n) is 2.90. The fourth-order valence-electron chi connectivity index (χ4n) is 1.84. The summed E-state index contributed by atoms with van der Waals surface area (Å²) >= 11 is 5.86. The summed E-state index contributed by atoms with van der Waals surface area (Å²) in [7, 11) is 0. The number of hydrogen-bond acceptors (Lipinski definition) is 4. The Kier molecular flexibility index (Phi) is 3.66. The molecule has 1 amide bonds. The molecule has 0 aliphatic heterocycles. The van der Waals surface area contributed by atoms with Gasteiger partial charge >= 0.3 is 0 Å². The number of anilines is 1. The number of carbonyl (C=O) groups excluding carboxylic acids is 1. The Balaban J connectivity index is 1.86. The van der Waals surface area contributed by atoms with E-state index in [2.05, 4.69) is 15.5 Å². The number of nitrogens with one attached hydrogen (secondary N) is 1. The Morgan fingerprint density at radius 3 is 2.52 bits per heavy atom. The van der Waals surface area contributed by atoms with Crippen LogP contribution >= 0.6 is 11.6 Å². The first kappa shape index (κ1) is 13.3. The van der Waals surface area contributed by atoms with Crippen molar-refractivity contribution in [1.29, 1.82) is 0 Å². The van der Waals surface area contributed by atoms with Gasteiger partial charge in [-0.2, -0.15) is 0 Å². The first-order valence-corrected chi connectivity index (χ1v) is 6.54. The van der Waals surface area contributed by atoms with Gasteiger partial charge in [0, 0.05) is 23.0 Å². The quantitative estimate of drug-likeness (QED) is 0.801. The highest BCUT2D eigenvalue weighted by Crippen LogP contribution is 2.29. The largest absolute Gasteiger partial charge is 0.338 e. The average Bonchev–Trinajstić information content (AvgIpc) is 2.97. The van der Waals surface area contributed by atoms with E-state index in [1.54, 1.807) is 42.9 Å². The molecule has 0 atom stereocenters. The van der Waals surface area contributed by atoms with E-state index in [4.69, 9.17) is 16.1 Å². The van der Waals surface area contributed by atoms with E-state index in [0.29, 0.717) is 22.0 Å². The van der Waals surface area contributed by atoms with E-state index in [1.165, 1.54) is 0 Å². The van der Waals surface area contributed by atoms with Gasteiger partial charge in [0.2, 0.25) is 5.88 Å². The summed E-state index contributed by atoms with van der Waals surface area (Å²) in [6, 6.07) is 10.4. The van der Waals surface area contributed by atoms with Gasteiger partial charge < -0.3 is 4.52 Å². The minimum Gasteiger partial charge on any atom is -0.338 e. The molecule has 1 aromatic carbocycles. The standard InChI is InChI=1S/C15H10ClN3O2/c16-12-3-1-10(2-4-12)13-9-18-21-15(13)19-14(20)11-5-7-17-8-6-11/h1-9H,(H,19,20). The number of pyridine rings is 1. The Morgan fingerprint density at radius 2 is 1.81 bits per heavy atom. The Bertz CT molecular complexity index is 754. The number of amides is 1. The van der Waals surface area contributed by atoms with Crippen molar-refractivity contribution in [3.8, 4) is 11.1 Å². The number of halogens is 1. The Hall–Kier alpha value is -2.66. The highest BCUT2D eigenvalue weighted by molar-refractivity contribution is 6.30. The second-order valence-electron chi connectivity index (χ2n) is 4.27. The van der Waals surface area contributed by atoms with Gasteiger partial charge in [0.05, 0.1) is 11.8 Å². The van der Waals surface area contributed by atoms with Gasteiger partial charge in [-0.15, -0.1) is 0 Å². The molecular weight excluding hydrogens is 290 g/mol. The number of rotatable bonds is 3. The molecule has 0 radical (unpaired) electrons. The third kappa shape index (κ3) is 2.93. The summed E-state index contributed by atoms with van der Waals surface area (Å²) in [5, 5.41) is 7.06. The fraction of sp³-hybridized carbons (Fsp3) is 0. The number of benzene rings is 1. The summed E-state index contributed by atoms with van der Waals surface area (Å²) in [6.07, 6.45) is 4.65. The number of carbonyl (C=O) groups is 1. The molecule has 3 rings (SSSR count). The topological polar surface area (TPSA) is 68.0 Å². The van der Waals surface area contributed by atoms with Crippen LogP contribution in [0, 0.1) is 0 Å². The van der Waals surface area contributed by atoms with Crippen molar-refractivity contribution in [2.24, 2.45) is 0 Å². The van der Waals surface area contributed by atoms with Crippen LogP contribution in [0.15, 0.2) is 59.5 Å². The molecule has 104 valence electrons. The minimum absolute atomic E-state index is 0.288. The number of nitrogens with zero attached hydrogens (tertiary/aromatic N) is 2. The van der Waals surface area contributed by atoms with Crippen molar-refractivity contribution in [1.82, 2.24) is 10.1 Å². The summed E-state index contributed by atoms with van der Waals surface area (Å²) in [6.45, 7) is 0. The lowest BCUT2D eigenvalue weighted by molar-refractivity contribution is 0.102. The van der Waals surface area contributed by atoms with E-state index >= 15 is 0 Å². The van der Waals surface area contributed by atoms with Crippen LogP contribution < -0.4 is 5.32 Å². The molecule has 1 N–H and O–H groups in total. The molecule has 6 heteroatoms. The highest BCUT2D eigenvalue weighted by Gasteiger charge is 2.14. The molecule has 3 aromatic rings. The second-order valence-corrected chi connectivity index (χ2v) is 4.70. The smallest absolute Gasteiger partial charge is 0.258 e. The van der Waals surface area contributed by atoms with Crippen molar-refractivity contribution < 1.29 is 9.32 Å². The summed E-state index contributed by atoms with van der Waals surface area (Å²) in [5.41, 5.74) is 2.03. The first-order valence-electron chi connectivity index (χ1n) is 6.16. The fourth-order valence-corrected chi connectivity index (χ4v) is 1.97. The van der Waals surface area contributed by atoms with Crippen LogP contribution in [0.1, 0.15) is 10.4 Å². The van der Waals surface area contributed by atoms with Crippen molar-refractivity contribution >= 4 is 23.4 Å². The van der Waals surface area contributed by atoms with Crippen LogP contribution in [0.2, 0.25) is 5.02 Å². The van der Waals surface area contributed by atoms with Crippen LogP contribution in [-0.2, 0) is 0 Å². The SMILES string of the molecule is O=C(Nc1oncc1-c1ccc(Cl)cc1)c1ccncc1. The normalized spacial score (nSPS) is 10.3. The summed E-state index contributed by atoms with van der Waals surface area (Å²) in [5.74, 6) is 0.00324. The van der Waals surface area contributed by atoms with Gasteiger partial charge in [0.1, 0.15) is 0 Å². The second kappa shape index (κ2) is 5.76. The van der Waals surface area contributed by atoms with E-state index < -0.39 is 0 Å². The van der Waals surface area contributed by atoms with Crippen molar-refractivity contribution in [2.45, 2.75) is 0 Å². The Labute approximate surface area is 125 Å². The molecule has 0 unspecified atom stereocenters. The lowest BCUT2D eigenvalue weighted by atomic mass is 10.1. The van der Waals surface area contributed by atoms with Crippen LogP contribution in [0.4, 0.5) is 5.88 Å². The number of hydrogen-bond donors (Lipinski definition) is 1. The van der Waals surface area contributed by atoms with Gasteiger partial charge in [-0.05, 0) is 29.8 Å². The van der Waals surface area contributed by atoms with Gasteiger partial charge in [-0.3, -0.25) is 15.1 Å². The molecule has 2 heterocycles. The van der Waals surface area contributed by atoms with Crippen LogP contribution in [-0.4, -0.2) is 16.0 Å². The van der Waals surface area contributed by atoms with Crippen molar-refractivity contribution in [2.75, 3.05) is 5.32 Å². The molecule has 0 saturated carbocycles. The molecule has 5 nitrogen and oxygen atoms in total. The Morgan fingerprint density at radius 1 is 1.10 bits per heavy atom. The predicted octanol–water partition coefficient (Wildman–Crippen LogP) is 3.64. The van der Waals surface area contributed by atoms with E-state index in [9.17, 15) is 4.79 Å². The summed E-state index contributed by atoms with van der Waals surface area (Å²) in [4.78, 5) is 16.0. The minimum atomic E-state index is -0.288. The van der Waals surface area contributed by atoms with Crippen LogP contribution in [0.5, 0.6) is 0 Å². The van der Waals surface area contributed by atoms with E-state index in [1.807, 2.05) is 12.1 Å². The van der Waals surface area contributed by atoms with Crippen molar-refractivity contribution in [3.05, 3.63) is 65.6 Å². The molecule has 0 saturated heterocycles. The average molecular weight is 300 g/mol. The maximum atomic E-state index is 12.1. The molecular formula is C15H10ClN3O2. The molecule has 0 aliphatic rings. The third-order valence-corrected chi connectivity index (χ3v) is 3.15. The van der Waals surface area contributed by atoms with E-state index in [0.717, 1.165) is 5.56 Å². The molecule has 2 aromatic heterocycles. The maximum absolute atomic E-state index is 12.1. The lowest BCUT2D eigenvalue weighted by Gasteiger charge is -2.04. The summed E-state index contributed by atoms with van der Waals surface area (Å²) < 4.78 is 5.11. The van der Waals surface area contributed by atoms with Crippen molar-refractivity contribution in [3.63, 3.8) is 0 Å². The van der Waals surface area contributed by atoms with Gasteiger partial charge in [0.15, 0.2) is 0 Å².